The van der Waals surface area contributed by atoms with Gasteiger partial charge in [0.25, 0.3) is 5.56 Å². The van der Waals surface area contributed by atoms with E-state index >= 15 is 0 Å². The molecule has 9 heteroatoms. The molecule has 0 saturated carbocycles. The second kappa shape index (κ2) is 7.14. The summed E-state index contributed by atoms with van der Waals surface area (Å²) < 4.78 is 4.09. The van der Waals surface area contributed by atoms with Gasteiger partial charge in [0.05, 0.1) is 6.33 Å². The van der Waals surface area contributed by atoms with Gasteiger partial charge in [0.2, 0.25) is 0 Å². The van der Waals surface area contributed by atoms with E-state index in [2.05, 4.69) is 9.97 Å². The molecule has 0 aliphatic carbocycles. The fourth-order valence-corrected chi connectivity index (χ4v) is 3.26. The minimum atomic E-state index is -0.424. The molecule has 0 spiro atoms. The van der Waals surface area contributed by atoms with E-state index in [0.717, 1.165) is 10.1 Å². The third-order valence-corrected chi connectivity index (χ3v) is 5.00. The number of rotatable bonds is 4. The summed E-state index contributed by atoms with van der Waals surface area (Å²) in [5.74, 6) is -0.155. The number of imidazole rings is 1. The van der Waals surface area contributed by atoms with Crippen LogP contribution in [0.15, 0.2) is 58.5 Å². The van der Waals surface area contributed by atoms with E-state index < -0.39 is 11.2 Å². The zero-order valence-electron chi connectivity index (χ0n) is 15.7. The molecule has 1 aromatic carbocycles. The first-order valence-corrected chi connectivity index (χ1v) is 9.10. The molecule has 0 bridgehead atoms. The summed E-state index contributed by atoms with van der Waals surface area (Å²) in [6, 6.07) is 10.3. The molecule has 4 aromatic rings. The molecule has 0 unspecified atom stereocenters. The van der Waals surface area contributed by atoms with E-state index in [1.54, 1.807) is 35.9 Å². The van der Waals surface area contributed by atoms with E-state index in [4.69, 9.17) is 11.6 Å². The lowest BCUT2D eigenvalue weighted by molar-refractivity contribution is 0.103. The molecule has 0 radical (unpaired) electrons. The monoisotopic (exact) mass is 409 g/mol. The number of ketones is 1. The van der Waals surface area contributed by atoms with Crippen LogP contribution >= 0.6 is 11.6 Å². The largest absolute Gasteiger partial charge is 0.332 e. The van der Waals surface area contributed by atoms with Crippen LogP contribution in [-0.4, -0.2) is 29.5 Å². The van der Waals surface area contributed by atoms with Gasteiger partial charge in [-0.2, -0.15) is 0 Å². The van der Waals surface area contributed by atoms with Crippen molar-refractivity contribution >= 4 is 28.5 Å². The van der Waals surface area contributed by atoms with Crippen LogP contribution in [0.25, 0.3) is 11.2 Å². The van der Waals surface area contributed by atoms with Gasteiger partial charge in [-0.05, 0) is 17.7 Å². The van der Waals surface area contributed by atoms with Crippen LogP contribution in [0.5, 0.6) is 0 Å². The SMILES string of the molecule is Cn1c(=O)c2c(ncn2Cc2ccc(C(=O)c3ccc(Cl)nc3)cc2)n(C)c1=O. The number of aryl methyl sites for hydroxylation is 1. The van der Waals surface area contributed by atoms with Crippen LogP contribution in [0.2, 0.25) is 5.15 Å². The molecule has 0 aliphatic rings. The van der Waals surface area contributed by atoms with Crippen molar-refractivity contribution in [2.45, 2.75) is 6.54 Å². The standard InChI is InChI=1S/C20H16ClN5O3/c1-24-18-16(19(28)25(2)20(24)29)26(11-23-18)10-12-3-5-13(6-4-12)17(27)14-7-8-15(21)22-9-14/h3-9,11H,10H2,1-2H3. The first-order valence-electron chi connectivity index (χ1n) is 8.73. The van der Waals surface area contributed by atoms with E-state index in [0.29, 0.717) is 34.0 Å². The minimum absolute atomic E-state index is 0.155. The number of pyridine rings is 1. The zero-order valence-corrected chi connectivity index (χ0v) is 16.4. The quantitative estimate of drug-likeness (QED) is 0.378. The van der Waals surface area contributed by atoms with Crippen LogP contribution in [0.3, 0.4) is 0 Å². The van der Waals surface area contributed by atoms with Crippen molar-refractivity contribution in [2.24, 2.45) is 14.1 Å². The highest BCUT2D eigenvalue weighted by Gasteiger charge is 2.15. The minimum Gasteiger partial charge on any atom is -0.320 e. The summed E-state index contributed by atoms with van der Waals surface area (Å²) in [6.45, 7) is 0.376. The highest BCUT2D eigenvalue weighted by molar-refractivity contribution is 6.29. The third-order valence-electron chi connectivity index (χ3n) is 4.78. The molecule has 3 aromatic heterocycles. The molecule has 0 amide bonds. The van der Waals surface area contributed by atoms with Crippen LogP contribution in [-0.2, 0) is 20.6 Å². The molecule has 29 heavy (non-hydrogen) atoms. The van der Waals surface area contributed by atoms with Gasteiger partial charge in [-0.1, -0.05) is 35.9 Å². The van der Waals surface area contributed by atoms with Crippen LogP contribution in [0, 0.1) is 0 Å². The Labute approximate surface area is 169 Å². The number of hydrogen-bond acceptors (Lipinski definition) is 5. The smallest absolute Gasteiger partial charge is 0.320 e. The second-order valence-electron chi connectivity index (χ2n) is 6.65. The van der Waals surface area contributed by atoms with Gasteiger partial charge in [0, 0.05) is 38.0 Å². The van der Waals surface area contributed by atoms with Gasteiger partial charge in [-0.25, -0.2) is 14.8 Å². The number of carbonyl (C=O) groups excluding carboxylic acids is 1. The van der Waals surface area contributed by atoms with E-state index in [-0.39, 0.29) is 5.78 Å². The number of fused-ring (bicyclic) bond motifs is 1. The van der Waals surface area contributed by atoms with Crippen molar-refractivity contribution in [3.8, 4) is 0 Å². The van der Waals surface area contributed by atoms with E-state index in [9.17, 15) is 14.4 Å². The molecule has 0 N–H and O–H groups in total. The predicted molar refractivity (Wildman–Crippen MR) is 108 cm³/mol. The van der Waals surface area contributed by atoms with Crippen molar-refractivity contribution in [3.63, 3.8) is 0 Å². The number of benzene rings is 1. The first-order chi connectivity index (χ1) is 13.9. The number of nitrogens with zero attached hydrogens (tertiary/aromatic N) is 5. The summed E-state index contributed by atoms with van der Waals surface area (Å²) in [7, 11) is 3.01. The van der Waals surface area contributed by atoms with E-state index in [1.807, 2.05) is 12.1 Å². The summed E-state index contributed by atoms with van der Waals surface area (Å²) >= 11 is 5.76. The third kappa shape index (κ3) is 3.27. The van der Waals surface area contributed by atoms with Crippen LogP contribution in [0.4, 0.5) is 0 Å². The molecular formula is C20H16ClN5O3. The maximum Gasteiger partial charge on any atom is 0.332 e. The Morgan fingerprint density at radius 1 is 0.966 bits per heavy atom. The van der Waals surface area contributed by atoms with Gasteiger partial charge >= 0.3 is 5.69 Å². The Morgan fingerprint density at radius 3 is 2.31 bits per heavy atom. The number of hydrogen-bond donors (Lipinski definition) is 0. The maximum atomic E-state index is 12.5. The summed E-state index contributed by atoms with van der Waals surface area (Å²) in [6.07, 6.45) is 2.97. The average Bonchev–Trinajstić information content (AvgIpc) is 3.15. The van der Waals surface area contributed by atoms with Crippen molar-refractivity contribution < 1.29 is 4.79 Å². The fraction of sp³-hybridized carbons (Fsp3) is 0.150. The van der Waals surface area contributed by atoms with Crippen LogP contribution < -0.4 is 11.2 Å². The molecule has 0 saturated heterocycles. The molecule has 0 atom stereocenters. The lowest BCUT2D eigenvalue weighted by Crippen LogP contribution is -2.37. The van der Waals surface area contributed by atoms with Gasteiger partial charge in [-0.3, -0.25) is 18.7 Å². The lowest BCUT2D eigenvalue weighted by Gasteiger charge is -2.08. The van der Waals surface area contributed by atoms with Gasteiger partial charge in [-0.15, -0.1) is 0 Å². The molecule has 3 heterocycles. The molecule has 0 aliphatic heterocycles. The second-order valence-corrected chi connectivity index (χ2v) is 7.03. The van der Waals surface area contributed by atoms with Crippen LogP contribution in [0.1, 0.15) is 21.5 Å². The zero-order chi connectivity index (χ0) is 20.7. The molecule has 4 rings (SSSR count). The first kappa shape index (κ1) is 18.8. The Balaban J connectivity index is 1.65. The molecule has 146 valence electrons. The van der Waals surface area contributed by atoms with E-state index in [1.165, 1.54) is 24.1 Å². The Bertz CT molecular complexity index is 1350. The Hall–Kier alpha value is -3.52. The predicted octanol–water partition coefficient (Wildman–Crippen LogP) is 1.76. The molecule has 0 fully saturated rings. The van der Waals surface area contributed by atoms with Crippen molar-refractivity contribution in [2.75, 3.05) is 0 Å². The topological polar surface area (TPSA) is 91.8 Å². The number of aromatic nitrogens is 5. The van der Waals surface area contributed by atoms with Gasteiger partial charge in [0.1, 0.15) is 5.15 Å². The normalized spacial score (nSPS) is 11.1. The summed E-state index contributed by atoms with van der Waals surface area (Å²) in [5, 5.41) is 0.327. The number of carbonyl (C=O) groups is 1. The van der Waals surface area contributed by atoms with Crippen molar-refractivity contribution in [1.82, 2.24) is 23.7 Å². The van der Waals surface area contributed by atoms with Crippen molar-refractivity contribution in [3.05, 3.63) is 91.6 Å². The fourth-order valence-electron chi connectivity index (χ4n) is 3.15. The Kier molecular flexibility index (Phi) is 4.63. The Morgan fingerprint density at radius 2 is 1.66 bits per heavy atom. The highest BCUT2D eigenvalue weighted by atomic mass is 35.5. The van der Waals surface area contributed by atoms with Gasteiger partial charge < -0.3 is 4.57 Å². The average molecular weight is 410 g/mol. The number of halogens is 1. The highest BCUT2D eigenvalue weighted by Crippen LogP contribution is 2.14. The summed E-state index contributed by atoms with van der Waals surface area (Å²) in [5.41, 5.74) is 1.71. The lowest BCUT2D eigenvalue weighted by atomic mass is 10.0. The maximum absolute atomic E-state index is 12.5. The molecule has 8 nitrogen and oxygen atoms in total. The van der Waals surface area contributed by atoms with Gasteiger partial charge in [0.15, 0.2) is 16.9 Å². The van der Waals surface area contributed by atoms with Crippen molar-refractivity contribution in [1.29, 1.82) is 0 Å². The molecular weight excluding hydrogens is 394 g/mol. The summed E-state index contributed by atoms with van der Waals surface area (Å²) in [4.78, 5) is 45.2.